The summed E-state index contributed by atoms with van der Waals surface area (Å²) in [4.78, 5) is 0. The van der Waals surface area contributed by atoms with E-state index in [9.17, 15) is 0 Å². The van der Waals surface area contributed by atoms with Gasteiger partial charge in [0.15, 0.2) is 0 Å². The molecule has 0 heterocycles. The van der Waals surface area contributed by atoms with E-state index in [1.165, 1.54) is 32.1 Å². The Balaban J connectivity index is 2.52. The van der Waals surface area contributed by atoms with Crippen LogP contribution in [0.5, 0.6) is 0 Å². The molecule has 1 unspecified atom stereocenters. The molecular weight excluding hydrogens is 182 g/mol. The molecule has 0 saturated carbocycles. The number of hydrogen-bond acceptors (Lipinski definition) is 1. The van der Waals surface area contributed by atoms with Gasteiger partial charge < -0.3 is 5.73 Å². The summed E-state index contributed by atoms with van der Waals surface area (Å²) in [5, 5.41) is 0. The first-order chi connectivity index (χ1) is 7.27. The van der Waals surface area contributed by atoms with E-state index < -0.39 is 0 Å². The quantitative estimate of drug-likeness (QED) is 0.704. The van der Waals surface area contributed by atoms with Crippen molar-refractivity contribution in [3.63, 3.8) is 0 Å². The number of rotatable bonds is 6. The molecule has 0 amide bonds. The fraction of sp³-hybridized carbons (Fsp3) is 0.714. The molecule has 1 nitrogen and oxygen atoms in total. The summed E-state index contributed by atoms with van der Waals surface area (Å²) in [7, 11) is 0. The number of hydrogen-bond donors (Lipinski definition) is 1. The normalized spacial score (nSPS) is 18.3. The summed E-state index contributed by atoms with van der Waals surface area (Å²) in [6.45, 7) is 5.43. The highest BCUT2D eigenvalue weighted by Gasteiger charge is 2.11. The average molecular weight is 207 g/mol. The van der Waals surface area contributed by atoms with E-state index in [2.05, 4.69) is 26.0 Å². The van der Waals surface area contributed by atoms with Gasteiger partial charge in [-0.1, -0.05) is 32.4 Å². The molecule has 1 rings (SSSR count). The van der Waals surface area contributed by atoms with Gasteiger partial charge in [0.25, 0.3) is 0 Å². The van der Waals surface area contributed by atoms with Crippen LogP contribution in [0, 0.1) is 5.92 Å². The molecule has 0 fully saturated rings. The second kappa shape index (κ2) is 6.84. The fourth-order valence-electron chi connectivity index (χ4n) is 2.07. The third kappa shape index (κ3) is 4.21. The minimum absolute atomic E-state index is 0.813. The van der Waals surface area contributed by atoms with Crippen LogP contribution in [-0.4, -0.2) is 6.54 Å². The minimum atomic E-state index is 0.813. The molecule has 0 aromatic heterocycles. The van der Waals surface area contributed by atoms with E-state index in [0.717, 1.165) is 18.9 Å². The standard InChI is InChI=1S/C14H25N/c1-3-12(2)11-14-8-5-4-7-13(14)9-6-10-15/h7-8,12H,3-6,9-11,15H2,1-2H3. The summed E-state index contributed by atoms with van der Waals surface area (Å²) < 4.78 is 0. The van der Waals surface area contributed by atoms with Gasteiger partial charge in [-0.05, 0) is 55.7 Å². The molecule has 0 saturated heterocycles. The Morgan fingerprint density at radius 1 is 1.27 bits per heavy atom. The first kappa shape index (κ1) is 12.5. The van der Waals surface area contributed by atoms with E-state index >= 15 is 0 Å². The van der Waals surface area contributed by atoms with Crippen LogP contribution in [0.4, 0.5) is 0 Å². The van der Waals surface area contributed by atoms with Gasteiger partial charge in [-0.15, -0.1) is 0 Å². The minimum Gasteiger partial charge on any atom is -0.330 e. The molecule has 1 aliphatic carbocycles. The zero-order chi connectivity index (χ0) is 11.1. The van der Waals surface area contributed by atoms with E-state index in [4.69, 9.17) is 5.73 Å². The van der Waals surface area contributed by atoms with Gasteiger partial charge in [-0.3, -0.25) is 0 Å². The first-order valence-electron chi connectivity index (χ1n) is 6.36. The maximum absolute atomic E-state index is 5.57. The molecule has 86 valence electrons. The predicted molar refractivity (Wildman–Crippen MR) is 67.8 cm³/mol. The van der Waals surface area contributed by atoms with E-state index in [0.29, 0.717) is 0 Å². The maximum Gasteiger partial charge on any atom is -0.00741 e. The highest BCUT2D eigenvalue weighted by molar-refractivity contribution is 5.33. The summed E-state index contributed by atoms with van der Waals surface area (Å²) in [6.07, 6.45) is 12.2. The molecular formula is C14H25N. The Morgan fingerprint density at radius 3 is 2.53 bits per heavy atom. The highest BCUT2D eigenvalue weighted by atomic mass is 14.5. The van der Waals surface area contributed by atoms with Crippen LogP contribution in [-0.2, 0) is 0 Å². The van der Waals surface area contributed by atoms with Crippen LogP contribution in [0.15, 0.2) is 23.3 Å². The van der Waals surface area contributed by atoms with Gasteiger partial charge in [-0.25, -0.2) is 0 Å². The molecule has 2 N–H and O–H groups in total. The van der Waals surface area contributed by atoms with E-state index in [-0.39, 0.29) is 0 Å². The van der Waals surface area contributed by atoms with Gasteiger partial charge in [-0.2, -0.15) is 0 Å². The van der Waals surface area contributed by atoms with Gasteiger partial charge in [0.1, 0.15) is 0 Å². The summed E-state index contributed by atoms with van der Waals surface area (Å²) >= 11 is 0. The topological polar surface area (TPSA) is 26.0 Å². The third-order valence-corrected chi connectivity index (χ3v) is 3.28. The smallest absolute Gasteiger partial charge is 0.00741 e. The van der Waals surface area contributed by atoms with Crippen LogP contribution in [0.2, 0.25) is 0 Å². The second-order valence-corrected chi connectivity index (χ2v) is 4.65. The monoisotopic (exact) mass is 207 g/mol. The molecule has 1 atom stereocenters. The Bertz CT molecular complexity index is 238. The zero-order valence-electron chi connectivity index (χ0n) is 10.3. The lowest BCUT2D eigenvalue weighted by Gasteiger charge is -2.19. The van der Waals surface area contributed by atoms with Crippen molar-refractivity contribution in [1.29, 1.82) is 0 Å². The third-order valence-electron chi connectivity index (χ3n) is 3.28. The predicted octanol–water partition coefficient (Wildman–Crippen LogP) is 3.81. The van der Waals surface area contributed by atoms with Crippen LogP contribution < -0.4 is 5.73 Å². The van der Waals surface area contributed by atoms with Crippen molar-refractivity contribution in [2.75, 3.05) is 6.54 Å². The zero-order valence-corrected chi connectivity index (χ0v) is 10.3. The van der Waals surface area contributed by atoms with Gasteiger partial charge in [0.2, 0.25) is 0 Å². The second-order valence-electron chi connectivity index (χ2n) is 4.65. The summed E-state index contributed by atoms with van der Waals surface area (Å²) in [5.41, 5.74) is 8.75. The molecule has 0 aliphatic heterocycles. The fourth-order valence-corrected chi connectivity index (χ4v) is 2.07. The van der Waals surface area contributed by atoms with Crippen molar-refractivity contribution in [3.05, 3.63) is 23.3 Å². The van der Waals surface area contributed by atoms with Gasteiger partial charge in [0, 0.05) is 0 Å². The lowest BCUT2D eigenvalue weighted by atomic mass is 9.87. The molecule has 0 aromatic rings. The van der Waals surface area contributed by atoms with Crippen molar-refractivity contribution < 1.29 is 0 Å². The van der Waals surface area contributed by atoms with Gasteiger partial charge >= 0.3 is 0 Å². The van der Waals surface area contributed by atoms with Crippen LogP contribution in [0.25, 0.3) is 0 Å². The SMILES string of the molecule is CCC(C)CC1=CCCC=C1CCCN. The maximum atomic E-state index is 5.57. The Hall–Kier alpha value is -0.560. The highest BCUT2D eigenvalue weighted by Crippen LogP contribution is 2.28. The molecule has 1 heteroatoms. The molecule has 1 aliphatic rings. The molecule has 0 aromatic carbocycles. The van der Waals surface area contributed by atoms with E-state index in [1.807, 2.05) is 0 Å². The van der Waals surface area contributed by atoms with Crippen LogP contribution >= 0.6 is 0 Å². The summed E-state index contributed by atoms with van der Waals surface area (Å²) in [5.74, 6) is 0.815. The van der Waals surface area contributed by atoms with Crippen molar-refractivity contribution >= 4 is 0 Å². The first-order valence-corrected chi connectivity index (χ1v) is 6.36. The van der Waals surface area contributed by atoms with Crippen molar-refractivity contribution in [2.45, 2.75) is 52.4 Å². The Morgan fingerprint density at radius 2 is 1.93 bits per heavy atom. The average Bonchev–Trinajstić information content (AvgIpc) is 2.28. The van der Waals surface area contributed by atoms with Crippen molar-refractivity contribution in [1.82, 2.24) is 0 Å². The molecule has 0 spiro atoms. The molecule has 0 radical (unpaired) electrons. The van der Waals surface area contributed by atoms with Crippen LogP contribution in [0.1, 0.15) is 52.4 Å². The Labute approximate surface area is 94.4 Å². The largest absolute Gasteiger partial charge is 0.330 e. The Kier molecular flexibility index (Phi) is 5.70. The lowest BCUT2D eigenvalue weighted by Crippen LogP contribution is -2.04. The lowest BCUT2D eigenvalue weighted by molar-refractivity contribution is 0.554. The molecule has 0 bridgehead atoms. The number of nitrogens with two attached hydrogens (primary N) is 1. The number of allylic oxidation sites excluding steroid dienone is 4. The van der Waals surface area contributed by atoms with Crippen molar-refractivity contribution in [2.24, 2.45) is 11.7 Å². The summed E-state index contributed by atoms with van der Waals surface area (Å²) in [6, 6.07) is 0. The van der Waals surface area contributed by atoms with Crippen molar-refractivity contribution in [3.8, 4) is 0 Å². The van der Waals surface area contributed by atoms with E-state index in [1.54, 1.807) is 11.1 Å². The van der Waals surface area contributed by atoms with Gasteiger partial charge in [0.05, 0.1) is 0 Å². The van der Waals surface area contributed by atoms with Crippen LogP contribution in [0.3, 0.4) is 0 Å². The molecule has 15 heavy (non-hydrogen) atoms.